The van der Waals surface area contributed by atoms with Crippen molar-refractivity contribution in [3.63, 3.8) is 0 Å². The number of nitrogens with zero attached hydrogens (tertiary/aromatic N) is 2. The van der Waals surface area contributed by atoms with Crippen LogP contribution in [0.15, 0.2) is 18.2 Å². The Balaban J connectivity index is 3.01. The van der Waals surface area contributed by atoms with Crippen molar-refractivity contribution in [3.05, 3.63) is 29.3 Å². The summed E-state index contributed by atoms with van der Waals surface area (Å²) in [5.41, 5.74) is 1.04. The lowest BCUT2D eigenvalue weighted by molar-refractivity contribution is -0.117. The molecule has 0 saturated heterocycles. The minimum atomic E-state index is -0.687. The molecule has 1 amide bonds. The Kier molecular flexibility index (Phi) is 3.88. The first-order valence-electron chi connectivity index (χ1n) is 4.83. The number of anilines is 1. The molecule has 4 nitrogen and oxygen atoms in total. The first-order chi connectivity index (χ1) is 7.88. The van der Waals surface area contributed by atoms with Crippen molar-refractivity contribution in [3.8, 4) is 12.1 Å². The molecule has 0 aromatic heterocycles. The van der Waals surface area contributed by atoms with E-state index in [9.17, 15) is 4.79 Å². The summed E-state index contributed by atoms with van der Waals surface area (Å²) < 4.78 is -0.687. The molecule has 1 aromatic carbocycles. The molecule has 0 fully saturated rings. The number of nitrogens with one attached hydrogen (secondary N) is 1. The molecular formula is C12H10BrN3O. The number of hydrogen-bond donors (Lipinski definition) is 1. The second-order valence-corrected chi connectivity index (χ2v) is 5.89. The Morgan fingerprint density at radius 3 is 2.35 bits per heavy atom. The number of carbonyl (C=O) groups is 1. The number of carbonyl (C=O) groups excluding carboxylic acids is 1. The highest BCUT2D eigenvalue weighted by Crippen LogP contribution is 2.20. The normalized spacial score (nSPS) is 10.2. The van der Waals surface area contributed by atoms with Gasteiger partial charge < -0.3 is 5.32 Å². The lowest BCUT2D eigenvalue weighted by atomic mass is 10.1. The molecule has 0 aliphatic carbocycles. The van der Waals surface area contributed by atoms with Crippen LogP contribution in [-0.4, -0.2) is 10.2 Å². The summed E-state index contributed by atoms with van der Waals surface area (Å²) in [6.45, 7) is 3.44. The summed E-state index contributed by atoms with van der Waals surface area (Å²) in [6.07, 6.45) is 0. The summed E-state index contributed by atoms with van der Waals surface area (Å²) in [4.78, 5) is 11.7. The zero-order chi connectivity index (χ0) is 13.1. The van der Waals surface area contributed by atoms with Crippen molar-refractivity contribution in [2.24, 2.45) is 0 Å². The van der Waals surface area contributed by atoms with E-state index in [1.165, 1.54) is 12.1 Å². The number of amides is 1. The second-order valence-electron chi connectivity index (χ2n) is 3.91. The van der Waals surface area contributed by atoms with E-state index in [2.05, 4.69) is 21.2 Å². The summed E-state index contributed by atoms with van der Waals surface area (Å²) in [7, 11) is 0. The molecule has 0 aliphatic rings. The molecule has 0 atom stereocenters. The fourth-order valence-electron chi connectivity index (χ4n) is 1.09. The quantitative estimate of drug-likeness (QED) is 0.851. The second kappa shape index (κ2) is 4.99. The van der Waals surface area contributed by atoms with Gasteiger partial charge in [-0.1, -0.05) is 15.9 Å². The van der Waals surface area contributed by atoms with Crippen molar-refractivity contribution < 1.29 is 4.79 Å². The van der Waals surface area contributed by atoms with Gasteiger partial charge in [0.1, 0.15) is 12.1 Å². The SMILES string of the molecule is CC(C)(Br)C(=O)Nc1ccc(C#N)c(C#N)c1. The Hall–Kier alpha value is -1.85. The van der Waals surface area contributed by atoms with Crippen LogP contribution in [0.1, 0.15) is 25.0 Å². The Bertz CT molecular complexity index is 532. The standard InChI is InChI=1S/C12H10BrN3O/c1-12(2,13)11(17)16-10-4-3-8(6-14)9(5-10)7-15/h3-5H,1-2H3,(H,16,17). The predicted molar refractivity (Wildman–Crippen MR) is 67.5 cm³/mol. The van der Waals surface area contributed by atoms with Crippen LogP contribution in [0.5, 0.6) is 0 Å². The van der Waals surface area contributed by atoms with Gasteiger partial charge in [-0.05, 0) is 32.0 Å². The number of hydrogen-bond acceptors (Lipinski definition) is 3. The van der Waals surface area contributed by atoms with Crippen LogP contribution in [0.3, 0.4) is 0 Å². The topological polar surface area (TPSA) is 76.7 Å². The van der Waals surface area contributed by atoms with Crippen LogP contribution in [0.4, 0.5) is 5.69 Å². The summed E-state index contributed by atoms with van der Waals surface area (Å²) in [5, 5.41) is 20.3. The molecule has 0 unspecified atom stereocenters. The van der Waals surface area contributed by atoms with Crippen LogP contribution < -0.4 is 5.32 Å². The van der Waals surface area contributed by atoms with Gasteiger partial charge in [0.15, 0.2) is 0 Å². The van der Waals surface area contributed by atoms with E-state index in [1.54, 1.807) is 19.9 Å². The zero-order valence-corrected chi connectivity index (χ0v) is 11.0. The Labute approximate surface area is 108 Å². The molecule has 1 N–H and O–H groups in total. The molecule has 0 aliphatic heterocycles. The molecule has 0 bridgehead atoms. The maximum absolute atomic E-state index is 11.7. The van der Waals surface area contributed by atoms with E-state index in [4.69, 9.17) is 10.5 Å². The number of benzene rings is 1. The van der Waals surface area contributed by atoms with E-state index in [1.807, 2.05) is 12.1 Å². The first-order valence-corrected chi connectivity index (χ1v) is 5.62. The molecule has 17 heavy (non-hydrogen) atoms. The number of nitriles is 2. The number of halogens is 1. The fraction of sp³-hybridized carbons (Fsp3) is 0.250. The van der Waals surface area contributed by atoms with Gasteiger partial charge in [-0.3, -0.25) is 4.79 Å². The average molecular weight is 292 g/mol. The molecule has 0 heterocycles. The average Bonchev–Trinajstić information content (AvgIpc) is 2.27. The number of alkyl halides is 1. The Morgan fingerprint density at radius 1 is 1.29 bits per heavy atom. The van der Waals surface area contributed by atoms with E-state index in [0.29, 0.717) is 11.3 Å². The highest BCUT2D eigenvalue weighted by Gasteiger charge is 2.23. The summed E-state index contributed by atoms with van der Waals surface area (Å²) in [6, 6.07) is 8.41. The van der Waals surface area contributed by atoms with Crippen molar-refractivity contribution in [2.45, 2.75) is 18.2 Å². The molecule has 1 aromatic rings. The maximum atomic E-state index is 11.7. The first kappa shape index (κ1) is 13.2. The third kappa shape index (κ3) is 3.30. The molecular weight excluding hydrogens is 282 g/mol. The van der Waals surface area contributed by atoms with Crippen molar-refractivity contribution in [1.82, 2.24) is 0 Å². The fourth-order valence-corrected chi connectivity index (χ4v) is 1.19. The maximum Gasteiger partial charge on any atom is 0.240 e. The van der Waals surface area contributed by atoms with Gasteiger partial charge in [0.25, 0.3) is 0 Å². The highest BCUT2D eigenvalue weighted by atomic mass is 79.9. The van der Waals surface area contributed by atoms with Gasteiger partial charge in [0.05, 0.1) is 15.5 Å². The molecule has 1 rings (SSSR count). The minimum absolute atomic E-state index is 0.217. The van der Waals surface area contributed by atoms with Crippen molar-refractivity contribution in [2.75, 3.05) is 5.32 Å². The van der Waals surface area contributed by atoms with Crippen LogP contribution in [0, 0.1) is 22.7 Å². The van der Waals surface area contributed by atoms with Crippen molar-refractivity contribution in [1.29, 1.82) is 10.5 Å². The van der Waals surface area contributed by atoms with Gasteiger partial charge in [0.2, 0.25) is 5.91 Å². The van der Waals surface area contributed by atoms with Gasteiger partial charge >= 0.3 is 0 Å². The molecule has 0 saturated carbocycles. The van der Waals surface area contributed by atoms with E-state index < -0.39 is 4.32 Å². The van der Waals surface area contributed by atoms with E-state index in [0.717, 1.165) is 0 Å². The lowest BCUT2D eigenvalue weighted by Crippen LogP contribution is -2.30. The predicted octanol–water partition coefficient (Wildman–Crippen LogP) is 2.54. The third-order valence-corrected chi connectivity index (χ3v) is 2.42. The summed E-state index contributed by atoms with van der Waals surface area (Å²) in [5.74, 6) is -0.217. The minimum Gasteiger partial charge on any atom is -0.325 e. The molecule has 0 spiro atoms. The van der Waals surface area contributed by atoms with Crippen LogP contribution in [0.25, 0.3) is 0 Å². The largest absolute Gasteiger partial charge is 0.325 e. The highest BCUT2D eigenvalue weighted by molar-refractivity contribution is 9.10. The molecule has 0 radical (unpaired) electrons. The lowest BCUT2D eigenvalue weighted by Gasteiger charge is -2.15. The zero-order valence-electron chi connectivity index (χ0n) is 9.41. The van der Waals surface area contributed by atoms with Crippen LogP contribution in [0.2, 0.25) is 0 Å². The van der Waals surface area contributed by atoms with Gasteiger partial charge in [-0.15, -0.1) is 0 Å². The van der Waals surface area contributed by atoms with Crippen molar-refractivity contribution >= 4 is 27.5 Å². The molecule has 5 heteroatoms. The van der Waals surface area contributed by atoms with Crippen LogP contribution in [-0.2, 0) is 4.79 Å². The van der Waals surface area contributed by atoms with Gasteiger partial charge in [0, 0.05) is 5.69 Å². The monoisotopic (exact) mass is 291 g/mol. The van der Waals surface area contributed by atoms with Gasteiger partial charge in [-0.2, -0.15) is 10.5 Å². The third-order valence-electron chi connectivity index (χ3n) is 2.06. The molecule has 86 valence electrons. The van der Waals surface area contributed by atoms with E-state index >= 15 is 0 Å². The Morgan fingerprint density at radius 2 is 1.88 bits per heavy atom. The van der Waals surface area contributed by atoms with E-state index in [-0.39, 0.29) is 11.5 Å². The van der Waals surface area contributed by atoms with Gasteiger partial charge in [-0.25, -0.2) is 0 Å². The number of rotatable bonds is 2. The van der Waals surface area contributed by atoms with Crippen LogP contribution >= 0.6 is 15.9 Å². The summed E-state index contributed by atoms with van der Waals surface area (Å²) >= 11 is 3.24. The smallest absolute Gasteiger partial charge is 0.240 e.